The second-order valence-corrected chi connectivity index (χ2v) is 4.57. The molecule has 1 N–H and O–H groups in total. The highest BCUT2D eigenvalue weighted by atomic mass is 15.2. The number of hydrogen-bond donors (Lipinski definition) is 1. The highest BCUT2D eigenvalue weighted by Gasteiger charge is 2.44. The van der Waals surface area contributed by atoms with E-state index in [4.69, 9.17) is 0 Å². The first-order chi connectivity index (χ1) is 5.95. The lowest BCUT2D eigenvalue weighted by Crippen LogP contribution is -2.42. The molecule has 0 amide bonds. The molecule has 12 heavy (non-hydrogen) atoms. The molecule has 3 fully saturated rings. The minimum Gasteiger partial charge on any atom is -0.312 e. The van der Waals surface area contributed by atoms with Crippen molar-refractivity contribution in [1.82, 2.24) is 10.2 Å². The van der Waals surface area contributed by atoms with Gasteiger partial charge in [-0.2, -0.15) is 0 Å². The highest BCUT2D eigenvalue weighted by Crippen LogP contribution is 2.36. The first-order valence-electron chi connectivity index (χ1n) is 5.42. The van der Waals surface area contributed by atoms with Crippen molar-refractivity contribution in [2.45, 2.75) is 37.8 Å². The quantitative estimate of drug-likeness (QED) is 0.573. The van der Waals surface area contributed by atoms with Crippen molar-refractivity contribution in [3.63, 3.8) is 0 Å². The van der Waals surface area contributed by atoms with Gasteiger partial charge >= 0.3 is 0 Å². The Hall–Kier alpha value is -0.0800. The number of fused-ring (bicyclic) bond motifs is 3. The largest absolute Gasteiger partial charge is 0.312 e. The number of nitrogens with zero attached hydrogens (tertiary/aromatic N) is 1. The topological polar surface area (TPSA) is 15.3 Å². The molecule has 3 rings (SSSR count). The minimum absolute atomic E-state index is 0.851. The van der Waals surface area contributed by atoms with E-state index in [1.54, 1.807) is 0 Å². The molecule has 2 nitrogen and oxygen atoms in total. The van der Waals surface area contributed by atoms with Crippen LogP contribution in [0.2, 0.25) is 0 Å². The maximum absolute atomic E-state index is 3.67. The molecule has 3 aliphatic heterocycles. The Morgan fingerprint density at radius 2 is 2.17 bits per heavy atom. The van der Waals surface area contributed by atoms with Crippen molar-refractivity contribution < 1.29 is 0 Å². The van der Waals surface area contributed by atoms with Crippen molar-refractivity contribution in [1.29, 1.82) is 0 Å². The van der Waals surface area contributed by atoms with Gasteiger partial charge in [-0.15, -0.1) is 0 Å². The highest BCUT2D eigenvalue weighted by molar-refractivity contribution is 5.01. The van der Waals surface area contributed by atoms with Gasteiger partial charge in [-0.1, -0.05) is 0 Å². The fourth-order valence-corrected chi connectivity index (χ4v) is 3.45. The minimum atomic E-state index is 0.851. The van der Waals surface area contributed by atoms with Crippen molar-refractivity contribution in [3.05, 3.63) is 0 Å². The van der Waals surface area contributed by atoms with Crippen molar-refractivity contribution in [3.8, 4) is 0 Å². The van der Waals surface area contributed by atoms with Crippen LogP contribution in [0, 0.1) is 5.92 Å². The Kier molecular flexibility index (Phi) is 1.66. The summed E-state index contributed by atoms with van der Waals surface area (Å²) in [7, 11) is 0. The monoisotopic (exact) mass is 166 g/mol. The van der Waals surface area contributed by atoms with Crippen LogP contribution in [0.3, 0.4) is 0 Å². The average Bonchev–Trinajstić information content (AvgIpc) is 2.62. The number of rotatable bonds is 0. The van der Waals surface area contributed by atoms with E-state index in [0.29, 0.717) is 0 Å². The third-order valence-electron chi connectivity index (χ3n) is 3.98. The molecular weight excluding hydrogens is 148 g/mol. The third-order valence-corrected chi connectivity index (χ3v) is 3.98. The molecular formula is C10H18N2. The van der Waals surface area contributed by atoms with Crippen LogP contribution < -0.4 is 5.32 Å². The van der Waals surface area contributed by atoms with Gasteiger partial charge in [0.2, 0.25) is 0 Å². The van der Waals surface area contributed by atoms with Crippen molar-refractivity contribution in [2.24, 2.45) is 5.92 Å². The molecule has 0 aromatic rings. The van der Waals surface area contributed by atoms with Crippen molar-refractivity contribution >= 4 is 0 Å². The maximum atomic E-state index is 3.67. The zero-order valence-corrected chi connectivity index (χ0v) is 7.63. The number of hydrogen-bond acceptors (Lipinski definition) is 2. The van der Waals surface area contributed by atoms with Gasteiger partial charge in [-0.3, -0.25) is 4.90 Å². The Morgan fingerprint density at radius 3 is 3.17 bits per heavy atom. The molecule has 2 heteroatoms. The summed E-state index contributed by atoms with van der Waals surface area (Å²) >= 11 is 0. The lowest BCUT2D eigenvalue weighted by molar-refractivity contribution is 0.266. The van der Waals surface area contributed by atoms with E-state index in [0.717, 1.165) is 18.0 Å². The van der Waals surface area contributed by atoms with Crippen LogP contribution in [0.1, 0.15) is 25.7 Å². The number of piperidine rings is 1. The Labute approximate surface area is 74.3 Å². The zero-order chi connectivity index (χ0) is 7.97. The van der Waals surface area contributed by atoms with Crippen LogP contribution in [0.4, 0.5) is 0 Å². The summed E-state index contributed by atoms with van der Waals surface area (Å²) in [6, 6.07) is 1.81. The molecule has 3 atom stereocenters. The van der Waals surface area contributed by atoms with Crippen LogP contribution in [-0.4, -0.2) is 36.6 Å². The first-order valence-corrected chi connectivity index (χ1v) is 5.42. The molecule has 0 aliphatic carbocycles. The summed E-state index contributed by atoms with van der Waals surface area (Å²) < 4.78 is 0. The second kappa shape index (κ2) is 2.71. The summed E-state index contributed by atoms with van der Waals surface area (Å²) in [6.07, 6.45) is 5.82. The van der Waals surface area contributed by atoms with E-state index < -0.39 is 0 Å². The molecule has 68 valence electrons. The predicted molar refractivity (Wildman–Crippen MR) is 49.1 cm³/mol. The molecule has 0 radical (unpaired) electrons. The van der Waals surface area contributed by atoms with E-state index in [9.17, 15) is 0 Å². The summed E-state index contributed by atoms with van der Waals surface area (Å²) in [6.45, 7) is 3.98. The SMILES string of the molecule is C1CNC2CN3CCCC3C2C1. The van der Waals surface area contributed by atoms with E-state index in [1.165, 1.54) is 45.3 Å². The fraction of sp³-hybridized carbons (Fsp3) is 1.00. The van der Waals surface area contributed by atoms with Gasteiger partial charge in [-0.25, -0.2) is 0 Å². The fourth-order valence-electron chi connectivity index (χ4n) is 3.45. The van der Waals surface area contributed by atoms with Gasteiger partial charge in [0.15, 0.2) is 0 Å². The van der Waals surface area contributed by atoms with E-state index in [2.05, 4.69) is 10.2 Å². The predicted octanol–water partition coefficient (Wildman–Crippen LogP) is 0.833. The molecule has 0 aromatic heterocycles. The normalized spacial score (nSPS) is 47.5. The van der Waals surface area contributed by atoms with Gasteiger partial charge in [0.1, 0.15) is 0 Å². The molecule has 3 heterocycles. The molecule has 0 aromatic carbocycles. The Balaban J connectivity index is 1.79. The van der Waals surface area contributed by atoms with E-state index in [1.807, 2.05) is 0 Å². The Bertz CT molecular complexity index is 181. The lowest BCUT2D eigenvalue weighted by atomic mass is 9.87. The molecule has 3 unspecified atom stereocenters. The average molecular weight is 166 g/mol. The maximum Gasteiger partial charge on any atom is 0.0238 e. The van der Waals surface area contributed by atoms with Crippen LogP contribution in [-0.2, 0) is 0 Å². The zero-order valence-electron chi connectivity index (χ0n) is 7.63. The molecule has 0 saturated carbocycles. The number of nitrogens with one attached hydrogen (secondary N) is 1. The van der Waals surface area contributed by atoms with Crippen LogP contribution in [0.15, 0.2) is 0 Å². The van der Waals surface area contributed by atoms with Gasteiger partial charge in [-0.05, 0) is 44.7 Å². The van der Waals surface area contributed by atoms with Crippen molar-refractivity contribution in [2.75, 3.05) is 19.6 Å². The van der Waals surface area contributed by atoms with E-state index in [-0.39, 0.29) is 0 Å². The van der Waals surface area contributed by atoms with Gasteiger partial charge in [0.25, 0.3) is 0 Å². The standard InChI is InChI=1S/C10H18N2/c1-3-8-9(11-5-1)7-12-6-2-4-10(8)12/h8-11H,1-7H2. The molecule has 3 aliphatic rings. The van der Waals surface area contributed by atoms with Gasteiger partial charge in [0, 0.05) is 18.6 Å². The Morgan fingerprint density at radius 1 is 1.17 bits per heavy atom. The van der Waals surface area contributed by atoms with E-state index >= 15 is 0 Å². The first kappa shape index (κ1) is 7.34. The summed E-state index contributed by atoms with van der Waals surface area (Å²) in [5.74, 6) is 1.00. The summed E-state index contributed by atoms with van der Waals surface area (Å²) in [5, 5.41) is 3.67. The molecule has 0 spiro atoms. The lowest BCUT2D eigenvalue weighted by Gasteiger charge is -2.28. The molecule has 3 saturated heterocycles. The second-order valence-electron chi connectivity index (χ2n) is 4.57. The van der Waals surface area contributed by atoms with Crippen LogP contribution in [0.5, 0.6) is 0 Å². The molecule has 0 bridgehead atoms. The smallest absolute Gasteiger partial charge is 0.0238 e. The summed E-state index contributed by atoms with van der Waals surface area (Å²) in [4.78, 5) is 2.72. The van der Waals surface area contributed by atoms with Gasteiger partial charge in [0.05, 0.1) is 0 Å². The van der Waals surface area contributed by atoms with Crippen LogP contribution >= 0.6 is 0 Å². The summed E-state index contributed by atoms with van der Waals surface area (Å²) in [5.41, 5.74) is 0. The van der Waals surface area contributed by atoms with Gasteiger partial charge < -0.3 is 5.32 Å². The third kappa shape index (κ3) is 0.944. The van der Waals surface area contributed by atoms with Crippen LogP contribution in [0.25, 0.3) is 0 Å².